The monoisotopic (exact) mass is 512 g/mol. The van der Waals surface area contributed by atoms with Gasteiger partial charge in [-0.1, -0.05) is 52.0 Å². The molecule has 198 valence electrons. The molecule has 0 bridgehead atoms. The minimum Gasteiger partial charge on any atom is -0.496 e. The van der Waals surface area contributed by atoms with Gasteiger partial charge >= 0.3 is 0 Å². The Balaban J connectivity index is 1.20. The van der Waals surface area contributed by atoms with Crippen molar-refractivity contribution in [1.29, 1.82) is 0 Å². The van der Waals surface area contributed by atoms with Crippen molar-refractivity contribution in [3.63, 3.8) is 0 Å². The second kappa shape index (κ2) is 10.8. The maximum Gasteiger partial charge on any atom is 0.225 e. The Hall–Kier alpha value is -3.94. The molecule has 8 heteroatoms. The lowest BCUT2D eigenvalue weighted by molar-refractivity contribution is 0.303. The smallest absolute Gasteiger partial charge is 0.225 e. The van der Waals surface area contributed by atoms with Crippen LogP contribution in [0.2, 0.25) is 0 Å². The molecule has 1 fully saturated rings. The van der Waals surface area contributed by atoms with Crippen LogP contribution in [-0.2, 0) is 18.4 Å². The van der Waals surface area contributed by atoms with Gasteiger partial charge in [0.25, 0.3) is 0 Å². The third-order valence-electron chi connectivity index (χ3n) is 7.10. The van der Waals surface area contributed by atoms with E-state index in [1.54, 1.807) is 25.8 Å². The largest absolute Gasteiger partial charge is 0.496 e. The number of hydrogen-bond donors (Lipinski definition) is 0. The van der Waals surface area contributed by atoms with Gasteiger partial charge in [-0.25, -0.2) is 19.9 Å². The number of hydrogen-bond acceptors (Lipinski definition) is 8. The Kier molecular flexibility index (Phi) is 7.31. The number of nitrogens with zero attached hydrogens (tertiary/aromatic N) is 6. The number of methoxy groups -OCH3 is 1. The van der Waals surface area contributed by atoms with Gasteiger partial charge in [-0.05, 0) is 34.6 Å². The molecule has 1 aliphatic heterocycles. The molecule has 2 aromatic carbocycles. The van der Waals surface area contributed by atoms with Crippen molar-refractivity contribution < 1.29 is 9.47 Å². The predicted molar refractivity (Wildman–Crippen MR) is 151 cm³/mol. The van der Waals surface area contributed by atoms with Gasteiger partial charge in [0.15, 0.2) is 5.75 Å². The first-order valence-electron chi connectivity index (χ1n) is 13.2. The van der Waals surface area contributed by atoms with Crippen molar-refractivity contribution in [1.82, 2.24) is 19.9 Å². The number of aryl methyl sites for hydroxylation is 1. The van der Waals surface area contributed by atoms with Gasteiger partial charge in [0.1, 0.15) is 24.5 Å². The first kappa shape index (κ1) is 25.7. The zero-order valence-corrected chi connectivity index (χ0v) is 22.9. The van der Waals surface area contributed by atoms with Crippen LogP contribution in [0, 0.1) is 0 Å². The Labute approximate surface area is 224 Å². The van der Waals surface area contributed by atoms with Crippen LogP contribution in [0.25, 0.3) is 10.9 Å². The highest BCUT2D eigenvalue weighted by Gasteiger charge is 2.22. The normalized spacial score (nSPS) is 14.1. The fourth-order valence-electron chi connectivity index (χ4n) is 4.77. The summed E-state index contributed by atoms with van der Waals surface area (Å²) in [5.41, 5.74) is 4.64. The summed E-state index contributed by atoms with van der Waals surface area (Å²) in [6.45, 7) is 12.5. The molecule has 0 N–H and O–H groups in total. The van der Waals surface area contributed by atoms with Crippen LogP contribution in [0.3, 0.4) is 0 Å². The predicted octanol–water partition coefficient (Wildman–Crippen LogP) is 5.19. The van der Waals surface area contributed by atoms with Gasteiger partial charge in [-0.2, -0.15) is 0 Å². The molecule has 5 rings (SSSR count). The zero-order valence-electron chi connectivity index (χ0n) is 22.9. The summed E-state index contributed by atoms with van der Waals surface area (Å²) in [6.07, 6.45) is 6.04. The van der Waals surface area contributed by atoms with Gasteiger partial charge in [0.05, 0.1) is 25.0 Å². The number of fused-ring (bicyclic) bond motifs is 1. The van der Waals surface area contributed by atoms with E-state index in [2.05, 4.69) is 87.8 Å². The number of benzene rings is 2. The van der Waals surface area contributed by atoms with Gasteiger partial charge in [-0.3, -0.25) is 0 Å². The fraction of sp³-hybridized carbons (Fsp3) is 0.400. The Morgan fingerprint density at radius 3 is 2.18 bits per heavy atom. The summed E-state index contributed by atoms with van der Waals surface area (Å²) in [5.74, 6) is 3.23. The molecule has 0 unspecified atom stereocenters. The molecule has 38 heavy (non-hydrogen) atoms. The first-order chi connectivity index (χ1) is 18.4. The molecule has 3 heterocycles. The highest BCUT2D eigenvalue weighted by molar-refractivity contribution is 5.91. The van der Waals surface area contributed by atoms with E-state index in [0.717, 1.165) is 72.1 Å². The van der Waals surface area contributed by atoms with Crippen molar-refractivity contribution in [2.75, 3.05) is 43.1 Å². The van der Waals surface area contributed by atoms with E-state index in [-0.39, 0.29) is 5.41 Å². The van der Waals surface area contributed by atoms with Crippen LogP contribution in [0.1, 0.15) is 44.4 Å². The topological polar surface area (TPSA) is 76.5 Å². The lowest BCUT2D eigenvalue weighted by Crippen LogP contribution is -2.47. The molecule has 0 atom stereocenters. The highest BCUT2D eigenvalue weighted by Crippen LogP contribution is 2.31. The molecule has 4 aromatic rings. The maximum absolute atomic E-state index is 5.94. The minimum absolute atomic E-state index is 0.143. The van der Waals surface area contributed by atoms with E-state index >= 15 is 0 Å². The minimum atomic E-state index is 0.143. The summed E-state index contributed by atoms with van der Waals surface area (Å²) in [6, 6.07) is 12.7. The molecule has 2 aromatic heterocycles. The van der Waals surface area contributed by atoms with Crippen molar-refractivity contribution in [3.8, 4) is 11.5 Å². The molecule has 8 nitrogen and oxygen atoms in total. The highest BCUT2D eigenvalue weighted by atomic mass is 16.5. The summed E-state index contributed by atoms with van der Waals surface area (Å²) in [5, 5.41) is 1.06. The Morgan fingerprint density at radius 2 is 1.55 bits per heavy atom. The molecule has 0 spiro atoms. The molecule has 0 saturated carbocycles. The fourth-order valence-corrected chi connectivity index (χ4v) is 4.77. The van der Waals surface area contributed by atoms with E-state index in [4.69, 9.17) is 9.47 Å². The number of ether oxygens (including phenoxy) is 2. The SMILES string of the molecule is CCc1cc2c(N3CCN(c4ncc(OCc5ccc(C(C)(C)C)cc5)cn4)CC3)ncnc2cc1OC. The van der Waals surface area contributed by atoms with E-state index in [1.165, 1.54) is 5.56 Å². The Bertz CT molecular complexity index is 1380. The quantitative estimate of drug-likeness (QED) is 0.335. The van der Waals surface area contributed by atoms with Gasteiger partial charge < -0.3 is 19.3 Å². The lowest BCUT2D eigenvalue weighted by atomic mass is 9.87. The first-order valence-corrected chi connectivity index (χ1v) is 13.2. The van der Waals surface area contributed by atoms with Crippen molar-refractivity contribution >= 4 is 22.7 Å². The van der Waals surface area contributed by atoms with Crippen LogP contribution < -0.4 is 19.3 Å². The molecular weight excluding hydrogens is 476 g/mol. The van der Waals surface area contributed by atoms with E-state index in [0.29, 0.717) is 12.4 Å². The molecule has 0 radical (unpaired) electrons. The number of aromatic nitrogens is 4. The summed E-state index contributed by atoms with van der Waals surface area (Å²) in [7, 11) is 1.70. The summed E-state index contributed by atoms with van der Waals surface area (Å²) in [4.78, 5) is 22.8. The van der Waals surface area contributed by atoms with Crippen LogP contribution in [0.4, 0.5) is 11.8 Å². The van der Waals surface area contributed by atoms with Crippen molar-refractivity contribution in [2.45, 2.75) is 46.1 Å². The standard InChI is InChI=1S/C30H36N6O2/c1-6-22-15-25-26(16-27(22)37-5)33-20-34-28(25)35-11-13-36(14-12-35)29-31-17-24(18-32-29)38-19-21-7-9-23(10-8-21)30(2,3)4/h7-10,15-18,20H,6,11-14,19H2,1-5H3. The summed E-state index contributed by atoms with van der Waals surface area (Å²) < 4.78 is 11.5. The molecule has 1 aliphatic rings. The Morgan fingerprint density at radius 1 is 0.868 bits per heavy atom. The molecule has 0 amide bonds. The van der Waals surface area contributed by atoms with Crippen LogP contribution >= 0.6 is 0 Å². The lowest BCUT2D eigenvalue weighted by Gasteiger charge is -2.35. The van der Waals surface area contributed by atoms with E-state index in [1.807, 2.05) is 6.07 Å². The third-order valence-corrected chi connectivity index (χ3v) is 7.10. The molecule has 1 saturated heterocycles. The molecular formula is C30H36N6O2. The average Bonchev–Trinajstić information content (AvgIpc) is 2.95. The van der Waals surface area contributed by atoms with E-state index < -0.39 is 0 Å². The van der Waals surface area contributed by atoms with Gasteiger partial charge in [0.2, 0.25) is 5.95 Å². The maximum atomic E-state index is 5.94. The van der Waals surface area contributed by atoms with Gasteiger partial charge in [-0.15, -0.1) is 0 Å². The number of anilines is 2. The number of piperazine rings is 1. The van der Waals surface area contributed by atoms with Gasteiger partial charge in [0, 0.05) is 37.6 Å². The van der Waals surface area contributed by atoms with Crippen molar-refractivity contribution in [2.24, 2.45) is 0 Å². The second-order valence-corrected chi connectivity index (χ2v) is 10.7. The van der Waals surface area contributed by atoms with Crippen molar-refractivity contribution in [3.05, 3.63) is 71.8 Å². The van der Waals surface area contributed by atoms with E-state index in [9.17, 15) is 0 Å². The average molecular weight is 513 g/mol. The third kappa shape index (κ3) is 5.49. The van der Waals surface area contributed by atoms with Crippen LogP contribution in [0.15, 0.2) is 55.1 Å². The molecule has 0 aliphatic carbocycles. The van der Waals surface area contributed by atoms with Crippen LogP contribution in [0.5, 0.6) is 11.5 Å². The summed E-state index contributed by atoms with van der Waals surface area (Å²) >= 11 is 0. The second-order valence-electron chi connectivity index (χ2n) is 10.7. The number of rotatable bonds is 7. The zero-order chi connectivity index (χ0) is 26.7. The van der Waals surface area contributed by atoms with Crippen LogP contribution in [-0.4, -0.2) is 53.2 Å².